The van der Waals surface area contributed by atoms with E-state index in [-0.39, 0.29) is 0 Å². The zero-order chi connectivity index (χ0) is 12.5. The second kappa shape index (κ2) is 5.25. The van der Waals surface area contributed by atoms with Gasteiger partial charge in [0, 0.05) is 32.2 Å². The predicted molar refractivity (Wildman–Crippen MR) is 73.4 cm³/mol. The van der Waals surface area contributed by atoms with Gasteiger partial charge in [0.05, 0.1) is 0 Å². The minimum atomic E-state index is 0.558. The van der Waals surface area contributed by atoms with Gasteiger partial charge in [-0.2, -0.15) is 0 Å². The van der Waals surface area contributed by atoms with Crippen LogP contribution in [-0.2, 0) is 0 Å². The van der Waals surface area contributed by atoms with E-state index in [4.69, 9.17) is 0 Å². The Morgan fingerprint density at radius 3 is 2.29 bits per heavy atom. The quantitative estimate of drug-likeness (QED) is 0.720. The molecule has 0 radical (unpaired) electrons. The average molecular weight is 239 g/mol. The van der Waals surface area contributed by atoms with Gasteiger partial charge in [0.1, 0.15) is 0 Å². The van der Waals surface area contributed by atoms with Crippen LogP contribution in [0.2, 0.25) is 0 Å². The Hall–Kier alpha value is -0.120. The molecule has 2 saturated heterocycles. The van der Waals surface area contributed by atoms with E-state index >= 15 is 0 Å². The topological polar surface area (TPSA) is 9.72 Å². The van der Waals surface area contributed by atoms with Crippen LogP contribution in [-0.4, -0.2) is 74.1 Å². The Morgan fingerprint density at radius 2 is 1.71 bits per heavy atom. The zero-order valence-electron chi connectivity index (χ0n) is 12.1. The fourth-order valence-corrected chi connectivity index (χ4v) is 3.12. The van der Waals surface area contributed by atoms with Crippen molar-refractivity contribution in [3.8, 4) is 0 Å². The van der Waals surface area contributed by atoms with Gasteiger partial charge < -0.3 is 9.80 Å². The van der Waals surface area contributed by atoms with Crippen LogP contribution in [0.3, 0.4) is 0 Å². The fourth-order valence-electron chi connectivity index (χ4n) is 3.12. The van der Waals surface area contributed by atoms with E-state index in [1.54, 1.807) is 0 Å². The van der Waals surface area contributed by atoms with Crippen LogP contribution in [0.1, 0.15) is 26.7 Å². The van der Waals surface area contributed by atoms with Crippen molar-refractivity contribution in [3.05, 3.63) is 0 Å². The Morgan fingerprint density at radius 1 is 1.06 bits per heavy atom. The molecular weight excluding hydrogens is 210 g/mol. The van der Waals surface area contributed by atoms with Crippen LogP contribution in [0.4, 0.5) is 0 Å². The third-order valence-corrected chi connectivity index (χ3v) is 4.84. The number of nitrogens with zero attached hydrogens (tertiary/aromatic N) is 3. The summed E-state index contributed by atoms with van der Waals surface area (Å²) in [5.41, 5.74) is 0.558. The highest BCUT2D eigenvalue weighted by molar-refractivity contribution is 4.87. The highest BCUT2D eigenvalue weighted by atomic mass is 15.3. The summed E-state index contributed by atoms with van der Waals surface area (Å²) in [5.74, 6) is 0. The van der Waals surface area contributed by atoms with Crippen molar-refractivity contribution >= 4 is 0 Å². The molecule has 0 spiro atoms. The van der Waals surface area contributed by atoms with E-state index in [1.807, 2.05) is 0 Å². The van der Waals surface area contributed by atoms with Crippen LogP contribution in [0, 0.1) is 5.41 Å². The Bertz CT molecular complexity index is 246. The summed E-state index contributed by atoms with van der Waals surface area (Å²) in [7, 11) is 4.50. The highest BCUT2D eigenvalue weighted by Crippen LogP contribution is 2.31. The summed E-state index contributed by atoms with van der Waals surface area (Å²) in [6, 6.07) is 0.721. The SMILES string of the molecule is CC1CN(CC2(C)CCN(C)CC2)CCN1C. The molecule has 0 N–H and O–H groups in total. The lowest BCUT2D eigenvalue weighted by Gasteiger charge is -2.45. The molecule has 0 aliphatic carbocycles. The Labute approximate surface area is 107 Å². The summed E-state index contributed by atoms with van der Waals surface area (Å²) in [6.07, 6.45) is 2.73. The molecule has 3 nitrogen and oxygen atoms in total. The minimum Gasteiger partial charge on any atom is -0.306 e. The number of likely N-dealkylation sites (tertiary alicyclic amines) is 1. The maximum atomic E-state index is 2.69. The standard InChI is InChI=1S/C14H29N3/c1-13-11-17(10-9-16(13)4)12-14(2)5-7-15(3)8-6-14/h13H,5-12H2,1-4H3. The third kappa shape index (κ3) is 3.43. The predicted octanol–water partition coefficient (Wildman–Crippen LogP) is 1.35. The number of piperazine rings is 1. The molecule has 2 rings (SSSR count). The first-order valence-electron chi connectivity index (χ1n) is 7.10. The lowest BCUT2D eigenvalue weighted by atomic mass is 9.80. The van der Waals surface area contributed by atoms with Crippen molar-refractivity contribution in [1.29, 1.82) is 0 Å². The molecule has 2 aliphatic rings. The molecule has 1 unspecified atom stereocenters. The molecule has 0 aromatic carbocycles. The summed E-state index contributed by atoms with van der Waals surface area (Å²) in [6.45, 7) is 12.4. The molecule has 17 heavy (non-hydrogen) atoms. The normalized spacial score (nSPS) is 32.8. The largest absolute Gasteiger partial charge is 0.306 e. The molecule has 100 valence electrons. The number of piperidine rings is 1. The van der Waals surface area contributed by atoms with Crippen molar-refractivity contribution in [1.82, 2.24) is 14.7 Å². The van der Waals surface area contributed by atoms with Crippen LogP contribution in [0.25, 0.3) is 0 Å². The summed E-state index contributed by atoms with van der Waals surface area (Å²) in [4.78, 5) is 7.64. The Balaban J connectivity index is 1.84. The number of hydrogen-bond donors (Lipinski definition) is 0. The summed E-state index contributed by atoms with van der Waals surface area (Å²) >= 11 is 0. The lowest BCUT2D eigenvalue weighted by Crippen LogP contribution is -2.53. The van der Waals surface area contributed by atoms with Crippen molar-refractivity contribution in [2.24, 2.45) is 5.41 Å². The van der Waals surface area contributed by atoms with Gasteiger partial charge >= 0.3 is 0 Å². The van der Waals surface area contributed by atoms with E-state index < -0.39 is 0 Å². The van der Waals surface area contributed by atoms with Crippen LogP contribution < -0.4 is 0 Å². The third-order valence-electron chi connectivity index (χ3n) is 4.84. The monoisotopic (exact) mass is 239 g/mol. The molecule has 1 atom stereocenters. The van der Waals surface area contributed by atoms with Gasteiger partial charge in [-0.1, -0.05) is 6.92 Å². The van der Waals surface area contributed by atoms with E-state index in [0.717, 1.165) is 6.04 Å². The fraction of sp³-hybridized carbons (Fsp3) is 1.00. The number of hydrogen-bond acceptors (Lipinski definition) is 3. The maximum absolute atomic E-state index is 2.69. The highest BCUT2D eigenvalue weighted by Gasteiger charge is 2.32. The second-order valence-electron chi connectivity index (χ2n) is 6.68. The molecule has 2 fully saturated rings. The Kier molecular flexibility index (Phi) is 4.11. The van der Waals surface area contributed by atoms with Crippen molar-refractivity contribution in [2.45, 2.75) is 32.7 Å². The van der Waals surface area contributed by atoms with E-state index in [1.165, 1.54) is 52.1 Å². The first-order valence-corrected chi connectivity index (χ1v) is 7.10. The molecule has 0 aromatic rings. The van der Waals surface area contributed by atoms with Crippen molar-refractivity contribution in [2.75, 3.05) is 53.4 Å². The van der Waals surface area contributed by atoms with Crippen molar-refractivity contribution in [3.63, 3.8) is 0 Å². The first kappa shape index (κ1) is 13.3. The van der Waals surface area contributed by atoms with Gasteiger partial charge in [0.15, 0.2) is 0 Å². The van der Waals surface area contributed by atoms with Crippen molar-refractivity contribution < 1.29 is 0 Å². The van der Waals surface area contributed by atoms with Crippen LogP contribution in [0.15, 0.2) is 0 Å². The summed E-state index contributed by atoms with van der Waals surface area (Å²) < 4.78 is 0. The molecule has 0 aromatic heterocycles. The van der Waals surface area contributed by atoms with Gasteiger partial charge in [0.2, 0.25) is 0 Å². The lowest BCUT2D eigenvalue weighted by molar-refractivity contribution is 0.0423. The molecule has 2 aliphatic heterocycles. The van der Waals surface area contributed by atoms with Gasteiger partial charge in [-0.05, 0) is 52.4 Å². The van der Waals surface area contributed by atoms with Gasteiger partial charge in [-0.3, -0.25) is 4.90 Å². The van der Waals surface area contributed by atoms with Gasteiger partial charge in [0.25, 0.3) is 0 Å². The molecule has 0 saturated carbocycles. The molecular formula is C14H29N3. The average Bonchev–Trinajstić information content (AvgIpc) is 2.28. The van der Waals surface area contributed by atoms with Crippen LogP contribution >= 0.6 is 0 Å². The summed E-state index contributed by atoms with van der Waals surface area (Å²) in [5, 5.41) is 0. The molecule has 3 heteroatoms. The minimum absolute atomic E-state index is 0.558. The number of likely N-dealkylation sites (N-methyl/N-ethyl adjacent to an activating group) is 1. The van der Waals surface area contributed by atoms with E-state index in [0.29, 0.717) is 5.41 Å². The van der Waals surface area contributed by atoms with Gasteiger partial charge in [-0.25, -0.2) is 0 Å². The maximum Gasteiger partial charge on any atom is 0.0192 e. The van der Waals surface area contributed by atoms with Gasteiger partial charge in [-0.15, -0.1) is 0 Å². The van der Waals surface area contributed by atoms with Crippen LogP contribution in [0.5, 0.6) is 0 Å². The molecule has 0 amide bonds. The smallest absolute Gasteiger partial charge is 0.0192 e. The first-order chi connectivity index (χ1) is 7.98. The van der Waals surface area contributed by atoms with E-state index in [2.05, 4.69) is 42.6 Å². The number of rotatable bonds is 2. The second-order valence-corrected chi connectivity index (χ2v) is 6.68. The zero-order valence-corrected chi connectivity index (χ0v) is 12.1. The van der Waals surface area contributed by atoms with E-state index in [9.17, 15) is 0 Å². The molecule has 0 bridgehead atoms. The molecule has 2 heterocycles.